The first kappa shape index (κ1) is 11.5. The van der Waals surface area contributed by atoms with Crippen LogP contribution in [0.25, 0.3) is 0 Å². The molecular formula is C13H16O2S. The van der Waals surface area contributed by atoms with Crippen molar-refractivity contribution < 1.29 is 9.90 Å². The first-order valence-corrected chi connectivity index (χ1v) is 6.26. The molecule has 1 fully saturated rings. The predicted molar refractivity (Wildman–Crippen MR) is 67.4 cm³/mol. The molecule has 0 atom stereocenters. The highest BCUT2D eigenvalue weighted by molar-refractivity contribution is 7.80. The van der Waals surface area contributed by atoms with Gasteiger partial charge in [0.15, 0.2) is 0 Å². The zero-order valence-electron chi connectivity index (χ0n) is 9.15. The summed E-state index contributed by atoms with van der Waals surface area (Å²) in [5, 5.41) is 9.21. The minimum absolute atomic E-state index is 0.0158. The van der Waals surface area contributed by atoms with E-state index in [1.165, 1.54) is 12.8 Å². The molecule has 1 saturated carbocycles. The Balaban J connectivity index is 2.49. The second kappa shape index (κ2) is 4.50. The van der Waals surface area contributed by atoms with Gasteiger partial charge in [0, 0.05) is 5.41 Å². The number of aromatic carboxylic acids is 1. The molecule has 86 valence electrons. The van der Waals surface area contributed by atoms with E-state index in [9.17, 15) is 9.90 Å². The van der Waals surface area contributed by atoms with Crippen LogP contribution in [0.2, 0.25) is 0 Å². The van der Waals surface area contributed by atoms with Gasteiger partial charge in [-0.2, -0.15) is 12.6 Å². The Labute approximate surface area is 101 Å². The summed E-state index contributed by atoms with van der Waals surface area (Å²) in [6, 6.07) is 7.35. The Morgan fingerprint density at radius 1 is 1.31 bits per heavy atom. The Hall–Kier alpha value is -0.960. The maximum Gasteiger partial charge on any atom is 0.335 e. The summed E-state index contributed by atoms with van der Waals surface area (Å²) < 4.78 is 0. The van der Waals surface area contributed by atoms with Crippen molar-refractivity contribution in [3.05, 3.63) is 35.4 Å². The molecule has 1 aliphatic carbocycles. The van der Waals surface area contributed by atoms with Crippen LogP contribution >= 0.6 is 12.6 Å². The van der Waals surface area contributed by atoms with Gasteiger partial charge in [-0.05, 0) is 30.2 Å². The van der Waals surface area contributed by atoms with Crippen LogP contribution in [0.5, 0.6) is 0 Å². The number of hydrogen-bond acceptors (Lipinski definition) is 2. The normalized spacial score (nSPS) is 18.6. The van der Waals surface area contributed by atoms with Crippen molar-refractivity contribution in [1.82, 2.24) is 0 Å². The maximum absolute atomic E-state index is 11.2. The fourth-order valence-electron chi connectivity index (χ4n) is 2.70. The molecule has 0 saturated heterocycles. The lowest BCUT2D eigenvalue weighted by molar-refractivity contribution is 0.0694. The average Bonchev–Trinajstić information content (AvgIpc) is 2.78. The van der Waals surface area contributed by atoms with Gasteiger partial charge in [-0.25, -0.2) is 4.79 Å². The Morgan fingerprint density at radius 3 is 2.50 bits per heavy atom. The fourth-order valence-corrected chi connectivity index (χ4v) is 3.18. The zero-order valence-corrected chi connectivity index (χ0v) is 10.0. The Kier molecular flexibility index (Phi) is 3.24. The molecule has 3 heteroatoms. The van der Waals surface area contributed by atoms with Crippen LogP contribution in [0.3, 0.4) is 0 Å². The molecule has 1 aliphatic rings. The van der Waals surface area contributed by atoms with E-state index in [-0.39, 0.29) is 5.41 Å². The summed E-state index contributed by atoms with van der Waals surface area (Å²) in [4.78, 5) is 11.2. The summed E-state index contributed by atoms with van der Waals surface area (Å²) in [5.41, 5.74) is 1.39. The summed E-state index contributed by atoms with van der Waals surface area (Å²) in [7, 11) is 0. The Morgan fingerprint density at radius 2 is 1.94 bits per heavy atom. The van der Waals surface area contributed by atoms with Gasteiger partial charge in [0.05, 0.1) is 5.56 Å². The topological polar surface area (TPSA) is 37.3 Å². The highest BCUT2D eigenvalue weighted by atomic mass is 32.1. The van der Waals surface area contributed by atoms with Crippen LogP contribution in [0, 0.1) is 0 Å². The van der Waals surface area contributed by atoms with E-state index in [0.29, 0.717) is 5.56 Å². The second-order valence-corrected chi connectivity index (χ2v) is 4.81. The third-order valence-corrected chi connectivity index (χ3v) is 4.20. The second-order valence-electron chi connectivity index (χ2n) is 4.50. The molecule has 16 heavy (non-hydrogen) atoms. The summed E-state index contributed by atoms with van der Waals surface area (Å²) in [5.74, 6) is -0.0965. The van der Waals surface area contributed by atoms with Crippen molar-refractivity contribution in [3.63, 3.8) is 0 Å². The van der Waals surface area contributed by atoms with Gasteiger partial charge in [0.1, 0.15) is 0 Å². The first-order chi connectivity index (χ1) is 7.69. The van der Waals surface area contributed by atoms with Crippen molar-refractivity contribution >= 4 is 18.6 Å². The van der Waals surface area contributed by atoms with Crippen LogP contribution in [0.1, 0.15) is 41.6 Å². The summed E-state index contributed by atoms with van der Waals surface area (Å²) in [6.07, 6.45) is 4.46. The van der Waals surface area contributed by atoms with Crippen molar-refractivity contribution in [2.75, 3.05) is 5.75 Å². The molecule has 0 bridgehead atoms. The molecule has 0 unspecified atom stereocenters. The third-order valence-electron chi connectivity index (χ3n) is 3.59. The molecule has 1 aromatic carbocycles. The SMILES string of the molecule is O=C(O)c1ccccc1C1(CS)CCCC1. The van der Waals surface area contributed by atoms with Crippen LogP contribution < -0.4 is 0 Å². The number of carbonyl (C=O) groups is 1. The number of carboxylic acid groups (broad SMARTS) is 1. The van der Waals surface area contributed by atoms with Crippen LogP contribution in [0.4, 0.5) is 0 Å². The smallest absolute Gasteiger partial charge is 0.335 e. The van der Waals surface area contributed by atoms with Gasteiger partial charge in [-0.1, -0.05) is 31.0 Å². The van der Waals surface area contributed by atoms with E-state index in [0.717, 1.165) is 24.2 Å². The van der Waals surface area contributed by atoms with Crippen LogP contribution in [-0.4, -0.2) is 16.8 Å². The number of rotatable bonds is 3. The molecule has 0 aliphatic heterocycles. The Bertz CT molecular complexity index is 395. The lowest BCUT2D eigenvalue weighted by atomic mass is 9.78. The van der Waals surface area contributed by atoms with E-state index in [4.69, 9.17) is 0 Å². The van der Waals surface area contributed by atoms with Gasteiger partial charge in [0.25, 0.3) is 0 Å². The van der Waals surface area contributed by atoms with Crippen molar-refractivity contribution in [2.24, 2.45) is 0 Å². The monoisotopic (exact) mass is 236 g/mol. The van der Waals surface area contributed by atoms with Gasteiger partial charge >= 0.3 is 5.97 Å². The molecule has 1 aromatic rings. The summed E-state index contributed by atoms with van der Waals surface area (Å²) >= 11 is 4.44. The molecule has 1 N–H and O–H groups in total. The van der Waals surface area contributed by atoms with E-state index >= 15 is 0 Å². The average molecular weight is 236 g/mol. The quantitative estimate of drug-likeness (QED) is 0.791. The lowest BCUT2D eigenvalue weighted by Gasteiger charge is -2.29. The van der Waals surface area contributed by atoms with E-state index < -0.39 is 5.97 Å². The van der Waals surface area contributed by atoms with E-state index in [2.05, 4.69) is 12.6 Å². The van der Waals surface area contributed by atoms with Crippen molar-refractivity contribution in [2.45, 2.75) is 31.1 Å². The van der Waals surface area contributed by atoms with Gasteiger partial charge < -0.3 is 5.11 Å². The molecule has 0 spiro atoms. The van der Waals surface area contributed by atoms with Gasteiger partial charge in [-0.3, -0.25) is 0 Å². The molecule has 0 radical (unpaired) electrons. The highest BCUT2D eigenvalue weighted by Gasteiger charge is 2.36. The third kappa shape index (κ3) is 1.84. The fraction of sp³-hybridized carbons (Fsp3) is 0.462. The van der Waals surface area contributed by atoms with E-state index in [1.807, 2.05) is 12.1 Å². The van der Waals surface area contributed by atoms with Crippen molar-refractivity contribution in [1.29, 1.82) is 0 Å². The minimum Gasteiger partial charge on any atom is -0.478 e. The molecular weight excluding hydrogens is 220 g/mol. The molecule has 2 nitrogen and oxygen atoms in total. The molecule has 0 heterocycles. The zero-order chi connectivity index (χ0) is 11.6. The highest BCUT2D eigenvalue weighted by Crippen LogP contribution is 2.43. The molecule has 2 rings (SSSR count). The van der Waals surface area contributed by atoms with Crippen LogP contribution in [-0.2, 0) is 5.41 Å². The first-order valence-electron chi connectivity index (χ1n) is 5.63. The van der Waals surface area contributed by atoms with Gasteiger partial charge in [-0.15, -0.1) is 0 Å². The minimum atomic E-state index is -0.830. The number of thiol groups is 1. The standard InChI is InChI=1S/C13H16O2S/c14-12(15)10-5-1-2-6-11(10)13(9-16)7-3-4-8-13/h1-2,5-6,16H,3-4,7-9H2,(H,14,15). The predicted octanol–water partition coefficient (Wildman–Crippen LogP) is 3.13. The molecule has 0 aromatic heterocycles. The number of carboxylic acids is 1. The van der Waals surface area contributed by atoms with E-state index in [1.54, 1.807) is 12.1 Å². The maximum atomic E-state index is 11.2. The van der Waals surface area contributed by atoms with Crippen molar-refractivity contribution in [3.8, 4) is 0 Å². The largest absolute Gasteiger partial charge is 0.478 e. The van der Waals surface area contributed by atoms with Gasteiger partial charge in [0.2, 0.25) is 0 Å². The van der Waals surface area contributed by atoms with Crippen LogP contribution in [0.15, 0.2) is 24.3 Å². The molecule has 0 amide bonds. The summed E-state index contributed by atoms with van der Waals surface area (Å²) in [6.45, 7) is 0. The number of hydrogen-bond donors (Lipinski definition) is 2. The number of benzene rings is 1. The lowest BCUT2D eigenvalue weighted by Crippen LogP contribution is -2.27.